The van der Waals surface area contributed by atoms with Crippen molar-refractivity contribution in [1.29, 1.82) is 0 Å². The first kappa shape index (κ1) is 13.5. The normalized spacial score (nSPS) is 11.1. The van der Waals surface area contributed by atoms with Gasteiger partial charge in [0.2, 0.25) is 0 Å². The molecule has 0 unspecified atom stereocenters. The van der Waals surface area contributed by atoms with Crippen molar-refractivity contribution < 1.29 is 4.79 Å². The molecule has 0 atom stereocenters. The molecule has 0 aliphatic carbocycles. The van der Waals surface area contributed by atoms with Crippen molar-refractivity contribution in [2.75, 3.05) is 5.32 Å². The maximum absolute atomic E-state index is 12.0. The van der Waals surface area contributed by atoms with Gasteiger partial charge in [0.05, 0.1) is 11.2 Å². The highest BCUT2D eigenvalue weighted by Gasteiger charge is 2.22. The minimum Gasteiger partial charge on any atom is -0.329 e. The standard InChI is InChI=1S/C14H17N3OS/c1-10-9-19-13(15-10)16-12(18)17-14(2,3)11-7-5-4-6-8-11/h4-9H,1-3H3,(H2,15,16,17,18). The van der Waals surface area contributed by atoms with Crippen LogP contribution in [0.25, 0.3) is 0 Å². The Bertz CT molecular complexity index is 563. The summed E-state index contributed by atoms with van der Waals surface area (Å²) in [7, 11) is 0. The molecular weight excluding hydrogens is 258 g/mol. The van der Waals surface area contributed by atoms with Gasteiger partial charge in [0.25, 0.3) is 0 Å². The molecule has 0 aliphatic heterocycles. The van der Waals surface area contributed by atoms with Gasteiger partial charge in [0.15, 0.2) is 5.13 Å². The first-order valence-corrected chi connectivity index (χ1v) is 6.92. The average molecular weight is 275 g/mol. The van der Waals surface area contributed by atoms with Gasteiger partial charge in [-0.25, -0.2) is 9.78 Å². The third-order valence-electron chi connectivity index (χ3n) is 2.76. The molecule has 0 bridgehead atoms. The van der Waals surface area contributed by atoms with E-state index in [4.69, 9.17) is 0 Å². The van der Waals surface area contributed by atoms with Crippen LogP contribution in [0, 0.1) is 6.92 Å². The maximum Gasteiger partial charge on any atom is 0.321 e. The maximum atomic E-state index is 12.0. The Morgan fingerprint density at radius 1 is 1.26 bits per heavy atom. The van der Waals surface area contributed by atoms with Gasteiger partial charge in [-0.15, -0.1) is 11.3 Å². The van der Waals surface area contributed by atoms with Gasteiger partial charge in [-0.05, 0) is 26.3 Å². The van der Waals surface area contributed by atoms with Gasteiger partial charge < -0.3 is 5.32 Å². The molecule has 1 aromatic carbocycles. The second kappa shape index (κ2) is 5.40. The number of carbonyl (C=O) groups excluding carboxylic acids is 1. The number of anilines is 1. The summed E-state index contributed by atoms with van der Waals surface area (Å²) in [5.74, 6) is 0. The highest BCUT2D eigenvalue weighted by Crippen LogP contribution is 2.20. The van der Waals surface area contributed by atoms with Crippen LogP contribution >= 0.6 is 11.3 Å². The van der Waals surface area contributed by atoms with Crippen molar-refractivity contribution in [3.8, 4) is 0 Å². The molecule has 0 saturated heterocycles. The molecule has 4 nitrogen and oxygen atoms in total. The van der Waals surface area contributed by atoms with Gasteiger partial charge >= 0.3 is 6.03 Å². The van der Waals surface area contributed by atoms with E-state index in [0.717, 1.165) is 11.3 Å². The van der Waals surface area contributed by atoms with Crippen LogP contribution in [-0.4, -0.2) is 11.0 Å². The second-order valence-electron chi connectivity index (χ2n) is 4.86. The molecule has 19 heavy (non-hydrogen) atoms. The van der Waals surface area contributed by atoms with Crippen molar-refractivity contribution >= 4 is 22.5 Å². The number of carbonyl (C=O) groups is 1. The third kappa shape index (κ3) is 3.54. The van der Waals surface area contributed by atoms with E-state index >= 15 is 0 Å². The Morgan fingerprint density at radius 3 is 2.53 bits per heavy atom. The van der Waals surface area contributed by atoms with Crippen LogP contribution in [0.5, 0.6) is 0 Å². The molecule has 0 radical (unpaired) electrons. The minimum atomic E-state index is -0.433. The summed E-state index contributed by atoms with van der Waals surface area (Å²) >= 11 is 1.42. The van der Waals surface area contributed by atoms with E-state index in [1.807, 2.05) is 56.5 Å². The lowest BCUT2D eigenvalue weighted by atomic mass is 9.95. The number of rotatable bonds is 3. The fourth-order valence-electron chi connectivity index (χ4n) is 1.75. The quantitative estimate of drug-likeness (QED) is 0.900. The molecule has 0 aliphatic rings. The van der Waals surface area contributed by atoms with Crippen molar-refractivity contribution in [2.24, 2.45) is 0 Å². The van der Waals surface area contributed by atoms with Gasteiger partial charge in [0.1, 0.15) is 0 Å². The first-order valence-electron chi connectivity index (χ1n) is 6.04. The Labute approximate surface area is 116 Å². The van der Waals surface area contributed by atoms with E-state index in [9.17, 15) is 4.79 Å². The van der Waals surface area contributed by atoms with E-state index in [1.165, 1.54) is 11.3 Å². The fourth-order valence-corrected chi connectivity index (χ4v) is 2.43. The predicted molar refractivity (Wildman–Crippen MR) is 78.5 cm³/mol. The number of urea groups is 1. The van der Waals surface area contributed by atoms with Crippen LogP contribution in [0.15, 0.2) is 35.7 Å². The molecule has 2 N–H and O–H groups in total. The number of amides is 2. The lowest BCUT2D eigenvalue weighted by Gasteiger charge is -2.26. The Hall–Kier alpha value is -1.88. The number of nitrogens with one attached hydrogen (secondary N) is 2. The smallest absolute Gasteiger partial charge is 0.321 e. The average Bonchev–Trinajstić information content (AvgIpc) is 2.75. The van der Waals surface area contributed by atoms with Crippen molar-refractivity contribution in [3.05, 3.63) is 47.0 Å². The molecule has 1 aromatic heterocycles. The Kier molecular flexibility index (Phi) is 3.85. The van der Waals surface area contributed by atoms with Crippen LogP contribution in [0.2, 0.25) is 0 Å². The molecule has 0 fully saturated rings. The molecule has 5 heteroatoms. The van der Waals surface area contributed by atoms with Crippen LogP contribution in [-0.2, 0) is 5.54 Å². The number of hydrogen-bond donors (Lipinski definition) is 2. The molecule has 2 aromatic rings. The van der Waals surface area contributed by atoms with E-state index in [0.29, 0.717) is 5.13 Å². The molecule has 0 saturated carbocycles. The molecule has 2 amide bonds. The lowest BCUT2D eigenvalue weighted by molar-refractivity contribution is 0.242. The molecule has 2 rings (SSSR count). The zero-order chi connectivity index (χ0) is 13.9. The fraction of sp³-hybridized carbons (Fsp3) is 0.286. The van der Waals surface area contributed by atoms with Gasteiger partial charge in [-0.1, -0.05) is 30.3 Å². The van der Waals surface area contributed by atoms with E-state index < -0.39 is 5.54 Å². The monoisotopic (exact) mass is 275 g/mol. The van der Waals surface area contributed by atoms with E-state index in [2.05, 4.69) is 15.6 Å². The third-order valence-corrected chi connectivity index (χ3v) is 3.64. The summed E-state index contributed by atoms with van der Waals surface area (Å²) in [5, 5.41) is 8.20. The predicted octanol–water partition coefficient (Wildman–Crippen LogP) is 3.51. The summed E-state index contributed by atoms with van der Waals surface area (Å²) in [5.41, 5.74) is 1.53. The number of aromatic nitrogens is 1. The number of hydrogen-bond acceptors (Lipinski definition) is 3. The SMILES string of the molecule is Cc1csc(NC(=O)NC(C)(C)c2ccccc2)n1. The summed E-state index contributed by atoms with van der Waals surface area (Å²) in [6.07, 6.45) is 0. The molecular formula is C14H17N3OS. The summed E-state index contributed by atoms with van der Waals surface area (Å²) in [6, 6.07) is 9.62. The summed E-state index contributed by atoms with van der Waals surface area (Å²) in [4.78, 5) is 16.2. The highest BCUT2D eigenvalue weighted by molar-refractivity contribution is 7.13. The van der Waals surface area contributed by atoms with Crippen LogP contribution in [0.4, 0.5) is 9.93 Å². The van der Waals surface area contributed by atoms with E-state index in [-0.39, 0.29) is 6.03 Å². The molecule has 1 heterocycles. The zero-order valence-corrected chi connectivity index (χ0v) is 12.0. The summed E-state index contributed by atoms with van der Waals surface area (Å²) in [6.45, 7) is 5.83. The largest absolute Gasteiger partial charge is 0.329 e. The number of aryl methyl sites for hydroxylation is 1. The highest BCUT2D eigenvalue weighted by atomic mass is 32.1. The summed E-state index contributed by atoms with van der Waals surface area (Å²) < 4.78 is 0. The zero-order valence-electron chi connectivity index (χ0n) is 11.2. The molecule has 0 spiro atoms. The Balaban J connectivity index is 2.02. The van der Waals surface area contributed by atoms with Crippen molar-refractivity contribution in [3.63, 3.8) is 0 Å². The first-order chi connectivity index (χ1) is 8.97. The number of benzene rings is 1. The van der Waals surface area contributed by atoms with Gasteiger partial charge in [-0.2, -0.15) is 0 Å². The van der Waals surface area contributed by atoms with Gasteiger partial charge in [-0.3, -0.25) is 5.32 Å². The number of thiazole rings is 1. The van der Waals surface area contributed by atoms with Crippen LogP contribution in [0.1, 0.15) is 25.1 Å². The Morgan fingerprint density at radius 2 is 1.95 bits per heavy atom. The van der Waals surface area contributed by atoms with Crippen molar-refractivity contribution in [2.45, 2.75) is 26.3 Å². The second-order valence-corrected chi connectivity index (χ2v) is 5.72. The molecule has 100 valence electrons. The minimum absolute atomic E-state index is 0.247. The van der Waals surface area contributed by atoms with Gasteiger partial charge in [0, 0.05) is 5.38 Å². The van der Waals surface area contributed by atoms with Crippen molar-refractivity contribution in [1.82, 2.24) is 10.3 Å². The van der Waals surface area contributed by atoms with E-state index in [1.54, 1.807) is 0 Å². The number of nitrogens with zero attached hydrogens (tertiary/aromatic N) is 1. The lowest BCUT2D eigenvalue weighted by Crippen LogP contribution is -2.43. The van der Waals surface area contributed by atoms with Crippen LogP contribution in [0.3, 0.4) is 0 Å². The van der Waals surface area contributed by atoms with Crippen LogP contribution < -0.4 is 10.6 Å². The topological polar surface area (TPSA) is 54.0 Å².